The second kappa shape index (κ2) is 5.64. The van der Waals surface area contributed by atoms with E-state index in [9.17, 15) is 0 Å². The molecule has 1 aromatic heterocycles. The molecule has 0 unspecified atom stereocenters. The highest BCUT2D eigenvalue weighted by Crippen LogP contribution is 2.19. The summed E-state index contributed by atoms with van der Waals surface area (Å²) in [5.74, 6) is 1.58. The highest BCUT2D eigenvalue weighted by Gasteiger charge is 2.14. The first-order valence-electron chi connectivity index (χ1n) is 5.70. The summed E-state index contributed by atoms with van der Waals surface area (Å²) in [4.78, 5) is 0. The van der Waals surface area contributed by atoms with E-state index >= 15 is 0 Å². The van der Waals surface area contributed by atoms with Crippen molar-refractivity contribution in [2.75, 3.05) is 0 Å². The van der Waals surface area contributed by atoms with Crippen LogP contribution in [0.15, 0.2) is 43.0 Å². The zero-order valence-electron chi connectivity index (χ0n) is 10.2. The maximum absolute atomic E-state index is 5.82. The van der Waals surface area contributed by atoms with Crippen molar-refractivity contribution >= 4 is 12.2 Å². The van der Waals surface area contributed by atoms with Gasteiger partial charge >= 0.3 is 0 Å². The summed E-state index contributed by atoms with van der Waals surface area (Å²) in [6.07, 6.45) is 1.60. The molecular weight excluding hydrogens is 246 g/mol. The van der Waals surface area contributed by atoms with Gasteiger partial charge < -0.3 is 4.74 Å². The molecule has 94 valence electrons. The molecule has 0 fully saturated rings. The molecule has 18 heavy (non-hydrogen) atoms. The van der Waals surface area contributed by atoms with Gasteiger partial charge in [-0.2, -0.15) is 5.10 Å². The monoisotopic (exact) mass is 261 g/mol. The molecule has 1 N–H and O–H groups in total. The van der Waals surface area contributed by atoms with E-state index < -0.39 is 0 Å². The lowest BCUT2D eigenvalue weighted by Gasteiger charge is -2.14. The van der Waals surface area contributed by atoms with Gasteiger partial charge in [-0.15, -0.1) is 6.58 Å². The average Bonchev–Trinajstić information content (AvgIpc) is 2.73. The first-order valence-corrected chi connectivity index (χ1v) is 6.11. The molecule has 1 aromatic carbocycles. The van der Waals surface area contributed by atoms with E-state index in [4.69, 9.17) is 17.0 Å². The van der Waals surface area contributed by atoms with E-state index in [1.165, 1.54) is 0 Å². The summed E-state index contributed by atoms with van der Waals surface area (Å²) < 4.78 is 8.26. The fourth-order valence-corrected chi connectivity index (χ4v) is 1.92. The summed E-state index contributed by atoms with van der Waals surface area (Å²) in [5, 5.41) is 6.98. The summed E-state index contributed by atoms with van der Waals surface area (Å²) >= 11 is 5.16. The Morgan fingerprint density at radius 2 is 2.22 bits per heavy atom. The first-order chi connectivity index (χ1) is 8.72. The van der Waals surface area contributed by atoms with Crippen LogP contribution in [-0.2, 0) is 6.54 Å². The van der Waals surface area contributed by atoms with Crippen molar-refractivity contribution < 1.29 is 4.74 Å². The van der Waals surface area contributed by atoms with E-state index in [0.29, 0.717) is 11.3 Å². The van der Waals surface area contributed by atoms with Gasteiger partial charge in [-0.1, -0.05) is 24.3 Å². The maximum Gasteiger partial charge on any atom is 0.195 e. The number of aromatic nitrogens is 3. The van der Waals surface area contributed by atoms with Crippen LogP contribution in [0, 0.1) is 4.77 Å². The van der Waals surface area contributed by atoms with E-state index in [-0.39, 0.29) is 6.10 Å². The van der Waals surface area contributed by atoms with Crippen LogP contribution in [0.2, 0.25) is 0 Å². The number of hydrogen-bond acceptors (Lipinski definition) is 3. The Labute approximate surface area is 111 Å². The summed E-state index contributed by atoms with van der Waals surface area (Å²) in [6, 6.07) is 9.64. The van der Waals surface area contributed by atoms with Crippen molar-refractivity contribution in [3.8, 4) is 5.75 Å². The Kier molecular flexibility index (Phi) is 3.94. The number of nitrogens with one attached hydrogen (secondary N) is 1. The van der Waals surface area contributed by atoms with Crippen LogP contribution < -0.4 is 4.74 Å². The van der Waals surface area contributed by atoms with Crippen molar-refractivity contribution in [2.45, 2.75) is 19.6 Å². The molecule has 1 atom stereocenters. The SMILES string of the molecule is C=CCn1c([C@H](C)Oc2ccccc2)n[nH]c1=S. The van der Waals surface area contributed by atoms with E-state index in [1.54, 1.807) is 6.08 Å². The maximum atomic E-state index is 5.82. The zero-order chi connectivity index (χ0) is 13.0. The van der Waals surface area contributed by atoms with Gasteiger partial charge in [0.15, 0.2) is 16.7 Å². The third-order valence-corrected chi connectivity index (χ3v) is 2.83. The van der Waals surface area contributed by atoms with Crippen LogP contribution in [0.1, 0.15) is 18.9 Å². The van der Waals surface area contributed by atoms with Crippen molar-refractivity contribution in [2.24, 2.45) is 0 Å². The fraction of sp³-hybridized carbons (Fsp3) is 0.231. The number of aromatic amines is 1. The van der Waals surface area contributed by atoms with Crippen LogP contribution in [0.5, 0.6) is 5.75 Å². The van der Waals surface area contributed by atoms with Gasteiger partial charge in [-0.05, 0) is 31.3 Å². The van der Waals surface area contributed by atoms with Gasteiger partial charge in [0.25, 0.3) is 0 Å². The van der Waals surface area contributed by atoms with Crippen LogP contribution in [0.4, 0.5) is 0 Å². The second-order valence-electron chi connectivity index (χ2n) is 3.86. The third kappa shape index (κ3) is 2.68. The topological polar surface area (TPSA) is 42.8 Å². The summed E-state index contributed by atoms with van der Waals surface area (Å²) in [5.41, 5.74) is 0. The molecule has 0 saturated heterocycles. The number of hydrogen-bond donors (Lipinski definition) is 1. The molecule has 0 bridgehead atoms. The van der Waals surface area contributed by atoms with Gasteiger partial charge in [0, 0.05) is 6.54 Å². The molecule has 0 aliphatic carbocycles. The Morgan fingerprint density at radius 1 is 1.50 bits per heavy atom. The van der Waals surface area contributed by atoms with E-state index in [0.717, 1.165) is 11.6 Å². The third-order valence-electron chi connectivity index (χ3n) is 2.52. The average molecular weight is 261 g/mol. The molecule has 0 aliphatic heterocycles. The number of benzene rings is 1. The number of nitrogens with zero attached hydrogens (tertiary/aromatic N) is 2. The minimum Gasteiger partial charge on any atom is -0.483 e. The van der Waals surface area contributed by atoms with Crippen LogP contribution >= 0.6 is 12.2 Å². The van der Waals surface area contributed by atoms with E-state index in [1.807, 2.05) is 41.8 Å². The van der Waals surface area contributed by atoms with Crippen LogP contribution in [0.3, 0.4) is 0 Å². The highest BCUT2D eigenvalue weighted by molar-refractivity contribution is 7.71. The largest absolute Gasteiger partial charge is 0.483 e. The standard InChI is InChI=1S/C13H15N3OS/c1-3-9-16-12(14-15-13(16)18)10(2)17-11-7-5-4-6-8-11/h3-8,10H,1,9H2,2H3,(H,15,18)/t10-/m0/s1. The number of para-hydroxylation sites is 1. The summed E-state index contributed by atoms with van der Waals surface area (Å²) in [6.45, 7) is 6.27. The molecule has 0 saturated carbocycles. The van der Waals surface area contributed by atoms with Gasteiger partial charge in [-0.25, -0.2) is 0 Å². The predicted octanol–water partition coefficient (Wildman–Crippen LogP) is 3.27. The van der Waals surface area contributed by atoms with E-state index in [2.05, 4.69) is 16.8 Å². The molecule has 1 heterocycles. The molecule has 5 heteroatoms. The Morgan fingerprint density at radius 3 is 2.89 bits per heavy atom. The Balaban J connectivity index is 2.21. The molecule has 0 radical (unpaired) electrons. The quantitative estimate of drug-likeness (QED) is 0.663. The van der Waals surface area contributed by atoms with Crippen molar-refractivity contribution in [1.29, 1.82) is 0 Å². The zero-order valence-corrected chi connectivity index (χ0v) is 11.0. The number of H-pyrrole nitrogens is 1. The normalized spacial score (nSPS) is 12.1. The van der Waals surface area contributed by atoms with Gasteiger partial charge in [0.05, 0.1) is 0 Å². The molecule has 2 aromatic rings. The second-order valence-corrected chi connectivity index (χ2v) is 4.25. The molecular formula is C13H15N3OS. The fourth-order valence-electron chi connectivity index (χ4n) is 1.70. The first kappa shape index (κ1) is 12.6. The summed E-state index contributed by atoms with van der Waals surface area (Å²) in [7, 11) is 0. The lowest BCUT2D eigenvalue weighted by Crippen LogP contribution is -2.11. The lowest BCUT2D eigenvalue weighted by atomic mass is 10.3. The van der Waals surface area contributed by atoms with Crippen LogP contribution in [-0.4, -0.2) is 14.8 Å². The van der Waals surface area contributed by atoms with Crippen LogP contribution in [0.25, 0.3) is 0 Å². The highest BCUT2D eigenvalue weighted by atomic mass is 32.1. The number of ether oxygens (including phenoxy) is 1. The molecule has 0 aliphatic rings. The predicted molar refractivity (Wildman–Crippen MR) is 73.1 cm³/mol. The number of rotatable bonds is 5. The smallest absolute Gasteiger partial charge is 0.195 e. The minimum absolute atomic E-state index is 0.180. The van der Waals surface area contributed by atoms with Gasteiger partial charge in [0.1, 0.15) is 5.75 Å². The number of allylic oxidation sites excluding steroid dienone is 1. The molecule has 2 rings (SSSR count). The molecule has 4 nitrogen and oxygen atoms in total. The lowest BCUT2D eigenvalue weighted by molar-refractivity contribution is 0.211. The molecule has 0 amide bonds. The van der Waals surface area contributed by atoms with Crippen molar-refractivity contribution in [3.63, 3.8) is 0 Å². The molecule has 0 spiro atoms. The minimum atomic E-state index is -0.180. The Bertz CT molecular complexity index is 573. The van der Waals surface area contributed by atoms with Crippen molar-refractivity contribution in [3.05, 3.63) is 53.6 Å². The van der Waals surface area contributed by atoms with Crippen molar-refractivity contribution in [1.82, 2.24) is 14.8 Å². The van der Waals surface area contributed by atoms with Gasteiger partial charge in [0.2, 0.25) is 0 Å². The van der Waals surface area contributed by atoms with Gasteiger partial charge in [-0.3, -0.25) is 9.67 Å². The Hall–Kier alpha value is -1.88.